The van der Waals surface area contributed by atoms with Gasteiger partial charge in [-0.1, -0.05) is 5.57 Å². The lowest BCUT2D eigenvalue weighted by Gasteiger charge is -2.22. The molecule has 0 spiro atoms. The number of rotatable bonds is 4. The van der Waals surface area contributed by atoms with Crippen molar-refractivity contribution in [1.29, 1.82) is 0 Å². The molecule has 0 bridgehead atoms. The maximum Gasteiger partial charge on any atom is 0.0219 e. The fourth-order valence-corrected chi connectivity index (χ4v) is 1.79. The highest BCUT2D eigenvalue weighted by molar-refractivity contribution is 4.90. The highest BCUT2D eigenvalue weighted by atomic mass is 15.2. The summed E-state index contributed by atoms with van der Waals surface area (Å²) in [6.45, 7) is 9.20. The lowest BCUT2D eigenvalue weighted by atomic mass is 10.2. The van der Waals surface area contributed by atoms with Crippen molar-refractivity contribution >= 4 is 0 Å². The molecule has 1 unspecified atom stereocenters. The van der Waals surface area contributed by atoms with Crippen molar-refractivity contribution in [2.75, 3.05) is 19.6 Å². The molecule has 0 aromatic heterocycles. The van der Waals surface area contributed by atoms with Crippen LogP contribution in [0, 0.1) is 0 Å². The Morgan fingerprint density at radius 2 is 2.42 bits per heavy atom. The van der Waals surface area contributed by atoms with Crippen molar-refractivity contribution in [3.05, 3.63) is 12.2 Å². The number of likely N-dealkylation sites (tertiary alicyclic amines) is 1. The Labute approximate surface area is 75.4 Å². The van der Waals surface area contributed by atoms with E-state index in [0.717, 1.165) is 19.5 Å². The normalized spacial score (nSPS) is 24.7. The van der Waals surface area contributed by atoms with Gasteiger partial charge in [-0.3, -0.25) is 4.90 Å². The fraction of sp³-hybridized carbons (Fsp3) is 0.800. The molecule has 0 aromatic carbocycles. The highest BCUT2D eigenvalue weighted by Crippen LogP contribution is 2.16. The summed E-state index contributed by atoms with van der Waals surface area (Å²) in [5.74, 6) is 0. The Bertz CT molecular complexity index is 154. The minimum atomic E-state index is 0.643. The van der Waals surface area contributed by atoms with Crippen molar-refractivity contribution in [1.82, 2.24) is 4.90 Å². The third kappa shape index (κ3) is 2.61. The van der Waals surface area contributed by atoms with E-state index in [1.165, 1.54) is 25.0 Å². The van der Waals surface area contributed by atoms with Crippen LogP contribution in [0.5, 0.6) is 0 Å². The molecule has 0 amide bonds. The summed E-state index contributed by atoms with van der Waals surface area (Å²) in [4.78, 5) is 2.49. The Morgan fingerprint density at radius 1 is 1.67 bits per heavy atom. The van der Waals surface area contributed by atoms with E-state index in [9.17, 15) is 0 Å². The predicted octanol–water partition coefficient (Wildman–Crippen LogP) is 1.38. The zero-order valence-corrected chi connectivity index (χ0v) is 8.05. The third-order valence-corrected chi connectivity index (χ3v) is 2.60. The molecule has 12 heavy (non-hydrogen) atoms. The SMILES string of the molecule is C=C(C)CCN1CCCC1CN. The Kier molecular flexibility index (Phi) is 3.76. The van der Waals surface area contributed by atoms with Gasteiger partial charge in [0.25, 0.3) is 0 Å². The zero-order chi connectivity index (χ0) is 8.97. The molecule has 70 valence electrons. The van der Waals surface area contributed by atoms with Crippen LogP contribution in [0.1, 0.15) is 26.2 Å². The number of nitrogens with zero attached hydrogens (tertiary/aromatic N) is 1. The molecule has 1 atom stereocenters. The van der Waals surface area contributed by atoms with Gasteiger partial charge in [-0.15, -0.1) is 6.58 Å². The average molecular weight is 168 g/mol. The van der Waals surface area contributed by atoms with E-state index in [1.54, 1.807) is 0 Å². The molecule has 2 heteroatoms. The Balaban J connectivity index is 2.26. The van der Waals surface area contributed by atoms with Crippen LogP contribution >= 0.6 is 0 Å². The summed E-state index contributed by atoms with van der Waals surface area (Å²) < 4.78 is 0. The first-order chi connectivity index (χ1) is 5.74. The molecule has 0 saturated carbocycles. The quantitative estimate of drug-likeness (QED) is 0.642. The molecule has 1 fully saturated rings. The van der Waals surface area contributed by atoms with Crippen LogP contribution in [0.15, 0.2) is 12.2 Å². The maximum absolute atomic E-state index is 5.67. The summed E-state index contributed by atoms with van der Waals surface area (Å²) in [5, 5.41) is 0. The number of hydrogen-bond donors (Lipinski definition) is 1. The average Bonchev–Trinajstić information content (AvgIpc) is 2.47. The molecular weight excluding hydrogens is 148 g/mol. The standard InChI is InChI=1S/C10H20N2/c1-9(2)5-7-12-6-3-4-10(12)8-11/h10H,1,3-8,11H2,2H3. The first-order valence-corrected chi connectivity index (χ1v) is 4.82. The van der Waals surface area contributed by atoms with Crippen LogP contribution in [0.2, 0.25) is 0 Å². The molecule has 1 heterocycles. The first-order valence-electron chi connectivity index (χ1n) is 4.82. The minimum absolute atomic E-state index is 0.643. The van der Waals surface area contributed by atoms with Crippen molar-refractivity contribution in [3.63, 3.8) is 0 Å². The van der Waals surface area contributed by atoms with Crippen LogP contribution < -0.4 is 5.73 Å². The molecule has 1 saturated heterocycles. The van der Waals surface area contributed by atoms with E-state index in [1.807, 2.05) is 0 Å². The van der Waals surface area contributed by atoms with E-state index in [4.69, 9.17) is 5.73 Å². The molecule has 0 radical (unpaired) electrons. The monoisotopic (exact) mass is 168 g/mol. The van der Waals surface area contributed by atoms with E-state index in [2.05, 4.69) is 18.4 Å². The number of hydrogen-bond acceptors (Lipinski definition) is 2. The van der Waals surface area contributed by atoms with Crippen molar-refractivity contribution in [2.45, 2.75) is 32.2 Å². The molecular formula is C10H20N2. The number of nitrogens with two attached hydrogens (primary N) is 1. The van der Waals surface area contributed by atoms with E-state index < -0.39 is 0 Å². The van der Waals surface area contributed by atoms with E-state index in [-0.39, 0.29) is 0 Å². The van der Waals surface area contributed by atoms with Gasteiger partial charge >= 0.3 is 0 Å². The van der Waals surface area contributed by atoms with Crippen molar-refractivity contribution in [2.24, 2.45) is 5.73 Å². The topological polar surface area (TPSA) is 29.3 Å². The highest BCUT2D eigenvalue weighted by Gasteiger charge is 2.21. The summed E-state index contributed by atoms with van der Waals surface area (Å²) in [7, 11) is 0. The maximum atomic E-state index is 5.67. The predicted molar refractivity (Wildman–Crippen MR) is 53.1 cm³/mol. The van der Waals surface area contributed by atoms with Crippen LogP contribution in [-0.4, -0.2) is 30.6 Å². The van der Waals surface area contributed by atoms with Crippen LogP contribution in [0.3, 0.4) is 0 Å². The lowest BCUT2D eigenvalue weighted by molar-refractivity contribution is 0.262. The second-order valence-electron chi connectivity index (χ2n) is 3.77. The zero-order valence-electron chi connectivity index (χ0n) is 8.05. The fourth-order valence-electron chi connectivity index (χ4n) is 1.79. The van der Waals surface area contributed by atoms with Crippen LogP contribution in [0.25, 0.3) is 0 Å². The van der Waals surface area contributed by atoms with Gasteiger partial charge in [-0.2, -0.15) is 0 Å². The minimum Gasteiger partial charge on any atom is -0.329 e. The Morgan fingerprint density at radius 3 is 3.00 bits per heavy atom. The molecule has 1 aliphatic rings. The van der Waals surface area contributed by atoms with E-state index >= 15 is 0 Å². The second kappa shape index (κ2) is 4.63. The largest absolute Gasteiger partial charge is 0.329 e. The molecule has 0 aromatic rings. The van der Waals surface area contributed by atoms with Gasteiger partial charge in [0, 0.05) is 19.1 Å². The van der Waals surface area contributed by atoms with Gasteiger partial charge in [-0.05, 0) is 32.7 Å². The summed E-state index contributed by atoms with van der Waals surface area (Å²) >= 11 is 0. The summed E-state index contributed by atoms with van der Waals surface area (Å²) in [6, 6.07) is 0.643. The summed E-state index contributed by atoms with van der Waals surface area (Å²) in [5.41, 5.74) is 6.94. The second-order valence-corrected chi connectivity index (χ2v) is 3.77. The molecule has 2 nitrogen and oxygen atoms in total. The van der Waals surface area contributed by atoms with Gasteiger partial charge in [0.1, 0.15) is 0 Å². The van der Waals surface area contributed by atoms with Gasteiger partial charge in [0.05, 0.1) is 0 Å². The molecule has 2 N–H and O–H groups in total. The van der Waals surface area contributed by atoms with E-state index in [0.29, 0.717) is 6.04 Å². The first kappa shape index (κ1) is 9.75. The molecule has 0 aliphatic carbocycles. The smallest absolute Gasteiger partial charge is 0.0219 e. The van der Waals surface area contributed by atoms with Gasteiger partial charge < -0.3 is 5.73 Å². The Hall–Kier alpha value is -0.340. The van der Waals surface area contributed by atoms with Gasteiger partial charge in [0.2, 0.25) is 0 Å². The summed E-state index contributed by atoms with van der Waals surface area (Å²) in [6.07, 6.45) is 3.72. The van der Waals surface area contributed by atoms with Gasteiger partial charge in [0.15, 0.2) is 0 Å². The van der Waals surface area contributed by atoms with Crippen molar-refractivity contribution < 1.29 is 0 Å². The third-order valence-electron chi connectivity index (χ3n) is 2.60. The van der Waals surface area contributed by atoms with Gasteiger partial charge in [-0.25, -0.2) is 0 Å². The van der Waals surface area contributed by atoms with Crippen LogP contribution in [-0.2, 0) is 0 Å². The van der Waals surface area contributed by atoms with Crippen molar-refractivity contribution in [3.8, 4) is 0 Å². The molecule has 1 rings (SSSR count). The lowest BCUT2D eigenvalue weighted by Crippen LogP contribution is -2.36. The van der Waals surface area contributed by atoms with Crippen LogP contribution in [0.4, 0.5) is 0 Å². The molecule has 1 aliphatic heterocycles.